The van der Waals surface area contributed by atoms with Crippen molar-refractivity contribution in [1.29, 1.82) is 0 Å². The van der Waals surface area contributed by atoms with Crippen molar-refractivity contribution in [2.24, 2.45) is 7.05 Å². The minimum Gasteiger partial charge on any atom is -0.375 e. The summed E-state index contributed by atoms with van der Waals surface area (Å²) < 4.78 is 1.47. The van der Waals surface area contributed by atoms with E-state index < -0.39 is 4.92 Å². The van der Waals surface area contributed by atoms with Crippen molar-refractivity contribution in [3.63, 3.8) is 0 Å². The lowest BCUT2D eigenvalue weighted by molar-refractivity contribution is -0.384. The molecule has 0 spiro atoms. The molecular formula is C20H21N5O3. The first-order valence-corrected chi connectivity index (χ1v) is 9.30. The molecule has 0 bridgehead atoms. The smallest absolute Gasteiger partial charge is 0.270 e. The molecule has 8 heteroatoms. The molecule has 1 aliphatic carbocycles. The summed E-state index contributed by atoms with van der Waals surface area (Å²) >= 11 is 0. The third-order valence-corrected chi connectivity index (χ3v) is 5.47. The van der Waals surface area contributed by atoms with Gasteiger partial charge in [0, 0.05) is 48.7 Å². The number of non-ortho nitro benzene ring substituents is 1. The van der Waals surface area contributed by atoms with Crippen LogP contribution in [0, 0.1) is 10.1 Å². The molecule has 0 radical (unpaired) electrons. The van der Waals surface area contributed by atoms with Crippen LogP contribution in [0.3, 0.4) is 0 Å². The van der Waals surface area contributed by atoms with Crippen LogP contribution in [0.5, 0.6) is 0 Å². The SMILES string of the molecule is CC(Nc1cc(=O)n(C)c2ccc([N+](=O)[O-])cc12)c1ncc(C2CCC2)cn1. The highest BCUT2D eigenvalue weighted by Gasteiger charge is 2.21. The molecule has 2 aromatic heterocycles. The van der Waals surface area contributed by atoms with Gasteiger partial charge >= 0.3 is 0 Å². The maximum Gasteiger partial charge on any atom is 0.270 e. The van der Waals surface area contributed by atoms with Crippen molar-refractivity contribution >= 4 is 22.3 Å². The van der Waals surface area contributed by atoms with Gasteiger partial charge in [0.25, 0.3) is 11.2 Å². The van der Waals surface area contributed by atoms with E-state index in [1.54, 1.807) is 13.1 Å². The average Bonchev–Trinajstić information content (AvgIpc) is 2.64. The molecule has 28 heavy (non-hydrogen) atoms. The molecule has 0 saturated heterocycles. The standard InChI is InChI=1S/C20H21N5O3/c1-12(20-21-10-14(11-22-20)13-4-3-5-13)23-17-9-19(26)24(2)18-7-6-15(25(27)28)8-16(17)18/h6-13,23H,3-5H2,1-2H3. The molecule has 1 atom stereocenters. The third kappa shape index (κ3) is 3.21. The normalized spacial score (nSPS) is 15.2. The fourth-order valence-electron chi connectivity index (χ4n) is 3.50. The van der Waals surface area contributed by atoms with Gasteiger partial charge < -0.3 is 9.88 Å². The molecule has 144 valence electrons. The molecule has 1 aliphatic rings. The summed E-state index contributed by atoms with van der Waals surface area (Å²) in [4.78, 5) is 32.0. The Kier molecular flexibility index (Phi) is 4.54. The van der Waals surface area contributed by atoms with Crippen LogP contribution in [0.1, 0.15) is 49.5 Å². The molecule has 4 rings (SSSR count). The zero-order chi connectivity index (χ0) is 19.8. The van der Waals surface area contributed by atoms with Crippen molar-refractivity contribution in [3.05, 3.63) is 68.5 Å². The summed E-state index contributed by atoms with van der Waals surface area (Å²) in [5.41, 5.74) is 2.09. The monoisotopic (exact) mass is 379 g/mol. The van der Waals surface area contributed by atoms with Crippen LogP contribution in [0.15, 0.2) is 41.5 Å². The fraction of sp³-hybridized carbons (Fsp3) is 0.350. The van der Waals surface area contributed by atoms with Gasteiger partial charge in [0.2, 0.25) is 0 Å². The molecule has 1 N–H and O–H groups in total. The largest absolute Gasteiger partial charge is 0.375 e. The molecule has 3 aromatic rings. The highest BCUT2D eigenvalue weighted by molar-refractivity contribution is 5.93. The Labute approximate surface area is 161 Å². The summed E-state index contributed by atoms with van der Waals surface area (Å²) in [7, 11) is 1.64. The zero-order valence-corrected chi connectivity index (χ0v) is 15.8. The second-order valence-corrected chi connectivity index (χ2v) is 7.28. The van der Waals surface area contributed by atoms with Crippen molar-refractivity contribution < 1.29 is 4.92 Å². The minimum atomic E-state index is -0.444. The number of anilines is 1. The number of fused-ring (bicyclic) bond motifs is 1. The predicted octanol–water partition coefficient (Wildman–Crippen LogP) is 3.68. The van der Waals surface area contributed by atoms with Crippen molar-refractivity contribution in [2.45, 2.75) is 38.1 Å². The molecule has 2 heterocycles. The van der Waals surface area contributed by atoms with Gasteiger partial charge in [-0.25, -0.2) is 9.97 Å². The lowest BCUT2D eigenvalue weighted by atomic mass is 9.81. The predicted molar refractivity (Wildman–Crippen MR) is 107 cm³/mol. The van der Waals surface area contributed by atoms with E-state index in [2.05, 4.69) is 15.3 Å². The van der Waals surface area contributed by atoms with Crippen LogP contribution >= 0.6 is 0 Å². The number of pyridine rings is 1. The lowest BCUT2D eigenvalue weighted by Crippen LogP contribution is -2.19. The third-order valence-electron chi connectivity index (χ3n) is 5.47. The molecule has 1 unspecified atom stereocenters. The summed E-state index contributed by atoms with van der Waals surface area (Å²) in [6.45, 7) is 1.90. The number of aromatic nitrogens is 3. The Hall–Kier alpha value is -3.29. The Morgan fingerprint density at radius 1 is 1.25 bits per heavy atom. The van der Waals surface area contributed by atoms with E-state index in [1.807, 2.05) is 19.3 Å². The van der Waals surface area contributed by atoms with Gasteiger partial charge in [-0.1, -0.05) is 6.42 Å². The van der Waals surface area contributed by atoms with E-state index in [9.17, 15) is 14.9 Å². The Morgan fingerprint density at radius 2 is 1.96 bits per heavy atom. The van der Waals surface area contributed by atoms with Crippen LogP contribution in [0.4, 0.5) is 11.4 Å². The van der Waals surface area contributed by atoms with E-state index >= 15 is 0 Å². The maximum atomic E-state index is 12.3. The second kappa shape index (κ2) is 7.03. The van der Waals surface area contributed by atoms with E-state index in [0.717, 1.165) is 5.56 Å². The number of nitro groups is 1. The summed E-state index contributed by atoms with van der Waals surface area (Å²) in [5.74, 6) is 1.18. The average molecular weight is 379 g/mol. The highest BCUT2D eigenvalue weighted by atomic mass is 16.6. The quantitative estimate of drug-likeness (QED) is 0.536. The zero-order valence-electron chi connectivity index (χ0n) is 15.8. The maximum absolute atomic E-state index is 12.3. The summed E-state index contributed by atoms with van der Waals surface area (Å²) in [6.07, 6.45) is 7.38. The van der Waals surface area contributed by atoms with Crippen LogP contribution in [0.2, 0.25) is 0 Å². The molecular weight excluding hydrogens is 358 g/mol. The Balaban J connectivity index is 1.67. The van der Waals surface area contributed by atoms with Crippen molar-refractivity contribution in [2.75, 3.05) is 5.32 Å². The molecule has 0 aliphatic heterocycles. The summed E-state index contributed by atoms with van der Waals surface area (Å²) in [5, 5.41) is 15.0. The van der Waals surface area contributed by atoms with Gasteiger partial charge in [0.15, 0.2) is 0 Å². The molecule has 8 nitrogen and oxygen atoms in total. The van der Waals surface area contributed by atoms with E-state index in [-0.39, 0.29) is 17.3 Å². The van der Waals surface area contributed by atoms with Crippen LogP contribution < -0.4 is 10.9 Å². The number of rotatable bonds is 5. The van der Waals surface area contributed by atoms with Gasteiger partial charge in [-0.15, -0.1) is 0 Å². The van der Waals surface area contributed by atoms with Crippen LogP contribution in [-0.2, 0) is 7.05 Å². The molecule has 1 aromatic carbocycles. The minimum absolute atomic E-state index is 0.0250. The van der Waals surface area contributed by atoms with Crippen molar-refractivity contribution in [3.8, 4) is 0 Å². The van der Waals surface area contributed by atoms with Gasteiger partial charge in [-0.2, -0.15) is 0 Å². The first-order chi connectivity index (χ1) is 13.4. The second-order valence-electron chi connectivity index (χ2n) is 7.28. The van der Waals surface area contributed by atoms with E-state index in [4.69, 9.17) is 0 Å². The van der Waals surface area contributed by atoms with Crippen molar-refractivity contribution in [1.82, 2.24) is 14.5 Å². The summed E-state index contributed by atoms with van der Waals surface area (Å²) in [6, 6.07) is 5.66. The number of nitro benzene ring substituents is 1. The van der Waals surface area contributed by atoms with E-state index in [0.29, 0.717) is 28.3 Å². The number of hydrogen-bond donors (Lipinski definition) is 1. The first kappa shape index (κ1) is 18.1. The lowest BCUT2D eigenvalue weighted by Gasteiger charge is -2.25. The number of aryl methyl sites for hydroxylation is 1. The first-order valence-electron chi connectivity index (χ1n) is 9.30. The Bertz CT molecular complexity index is 1100. The van der Waals surface area contributed by atoms with Crippen LogP contribution in [0.25, 0.3) is 10.9 Å². The van der Waals surface area contributed by atoms with Gasteiger partial charge in [-0.3, -0.25) is 14.9 Å². The molecule has 1 saturated carbocycles. The number of nitrogens with one attached hydrogen (secondary N) is 1. The number of hydrogen-bond acceptors (Lipinski definition) is 6. The number of benzene rings is 1. The van der Waals surface area contributed by atoms with E-state index in [1.165, 1.54) is 42.0 Å². The molecule has 1 fully saturated rings. The molecule has 0 amide bonds. The highest BCUT2D eigenvalue weighted by Crippen LogP contribution is 2.35. The van der Waals surface area contributed by atoms with Gasteiger partial charge in [-0.05, 0) is 37.3 Å². The van der Waals surface area contributed by atoms with Crippen LogP contribution in [-0.4, -0.2) is 19.5 Å². The van der Waals surface area contributed by atoms with Gasteiger partial charge in [0.1, 0.15) is 5.82 Å². The fourth-order valence-corrected chi connectivity index (χ4v) is 3.50. The van der Waals surface area contributed by atoms with Gasteiger partial charge in [0.05, 0.1) is 16.5 Å². The topological polar surface area (TPSA) is 103 Å². The number of nitrogens with zero attached hydrogens (tertiary/aromatic N) is 4. The Morgan fingerprint density at radius 3 is 2.57 bits per heavy atom.